The van der Waals surface area contributed by atoms with Crippen LogP contribution >= 0.6 is 0 Å². The van der Waals surface area contributed by atoms with Gasteiger partial charge in [0.1, 0.15) is 17.1 Å². The van der Waals surface area contributed by atoms with Crippen LogP contribution in [0.4, 0.5) is 0 Å². The SMILES string of the molecule is COc1ccc(C(=O)N2CCC3(CC2)C[C@H](CC(=O)NCC2CC2)c2ccccc2O3)cc1. The number of fused-ring (bicyclic) bond motifs is 1. The summed E-state index contributed by atoms with van der Waals surface area (Å²) in [7, 11) is 1.62. The summed E-state index contributed by atoms with van der Waals surface area (Å²) in [6, 6.07) is 15.4. The van der Waals surface area contributed by atoms with Crippen LogP contribution in [-0.4, -0.2) is 49.1 Å². The zero-order valence-electron chi connectivity index (χ0n) is 19.2. The number of likely N-dealkylation sites (tertiary alicyclic amines) is 1. The van der Waals surface area contributed by atoms with E-state index in [9.17, 15) is 9.59 Å². The lowest BCUT2D eigenvalue weighted by Gasteiger charge is -2.47. The molecular weight excluding hydrogens is 416 g/mol. The van der Waals surface area contributed by atoms with Crippen LogP contribution in [0.15, 0.2) is 48.5 Å². The lowest BCUT2D eigenvalue weighted by atomic mass is 9.76. The molecule has 1 aliphatic carbocycles. The largest absolute Gasteiger partial charge is 0.497 e. The Morgan fingerprint density at radius 2 is 1.82 bits per heavy atom. The van der Waals surface area contributed by atoms with Gasteiger partial charge < -0.3 is 19.7 Å². The van der Waals surface area contributed by atoms with Crippen LogP contribution < -0.4 is 14.8 Å². The Morgan fingerprint density at radius 1 is 1.09 bits per heavy atom. The average Bonchev–Trinajstić information content (AvgIpc) is 3.68. The van der Waals surface area contributed by atoms with E-state index in [0.29, 0.717) is 31.0 Å². The normalized spacial score (nSPS) is 21.1. The molecule has 2 aromatic carbocycles. The van der Waals surface area contributed by atoms with Crippen molar-refractivity contribution in [1.29, 1.82) is 0 Å². The Bertz CT molecular complexity index is 1010. The predicted octanol–water partition coefficient (Wildman–Crippen LogP) is 4.15. The highest BCUT2D eigenvalue weighted by Gasteiger charge is 2.44. The van der Waals surface area contributed by atoms with Gasteiger partial charge in [-0.2, -0.15) is 0 Å². The molecule has 2 amide bonds. The van der Waals surface area contributed by atoms with Crippen LogP contribution in [0.5, 0.6) is 11.5 Å². The maximum atomic E-state index is 13.0. The van der Waals surface area contributed by atoms with Crippen LogP contribution in [-0.2, 0) is 4.79 Å². The topological polar surface area (TPSA) is 67.9 Å². The lowest BCUT2D eigenvalue weighted by Crippen LogP contribution is -2.52. The Kier molecular flexibility index (Phi) is 6.00. The third kappa shape index (κ3) is 4.85. The average molecular weight is 449 g/mol. The molecule has 1 saturated heterocycles. The van der Waals surface area contributed by atoms with Gasteiger partial charge in [-0.15, -0.1) is 0 Å². The molecule has 6 heteroatoms. The fourth-order valence-corrected chi connectivity index (χ4v) is 5.14. The van der Waals surface area contributed by atoms with E-state index in [1.807, 2.05) is 47.4 Å². The van der Waals surface area contributed by atoms with Crippen molar-refractivity contribution < 1.29 is 19.1 Å². The summed E-state index contributed by atoms with van der Waals surface area (Å²) in [5.74, 6) is 2.61. The number of methoxy groups -OCH3 is 1. The minimum absolute atomic E-state index is 0.0414. The molecule has 2 aliphatic heterocycles. The quantitative estimate of drug-likeness (QED) is 0.721. The van der Waals surface area contributed by atoms with Crippen LogP contribution in [0.2, 0.25) is 0 Å². The first kappa shape index (κ1) is 21.8. The molecule has 0 bridgehead atoms. The highest BCUT2D eigenvalue weighted by Crippen LogP contribution is 2.46. The highest BCUT2D eigenvalue weighted by molar-refractivity contribution is 5.94. The molecule has 6 nitrogen and oxygen atoms in total. The summed E-state index contributed by atoms with van der Waals surface area (Å²) in [5.41, 5.74) is 1.47. The molecule has 3 aliphatic rings. The number of piperidine rings is 1. The molecule has 2 aromatic rings. The summed E-state index contributed by atoms with van der Waals surface area (Å²) in [6.07, 6.45) is 5.30. The van der Waals surface area contributed by atoms with Crippen molar-refractivity contribution in [2.75, 3.05) is 26.7 Å². The van der Waals surface area contributed by atoms with Gasteiger partial charge in [-0.1, -0.05) is 18.2 Å². The van der Waals surface area contributed by atoms with Crippen LogP contribution in [0.25, 0.3) is 0 Å². The van der Waals surface area contributed by atoms with Gasteiger partial charge in [0.15, 0.2) is 0 Å². The molecule has 0 unspecified atom stereocenters. The first-order valence-corrected chi connectivity index (χ1v) is 12.0. The summed E-state index contributed by atoms with van der Waals surface area (Å²) in [6.45, 7) is 2.10. The fourth-order valence-electron chi connectivity index (χ4n) is 5.14. The highest BCUT2D eigenvalue weighted by atomic mass is 16.5. The Labute approximate surface area is 195 Å². The van der Waals surface area contributed by atoms with Gasteiger partial charge in [0.2, 0.25) is 5.91 Å². The molecule has 1 saturated carbocycles. The van der Waals surface area contributed by atoms with Crippen molar-refractivity contribution in [2.45, 2.75) is 50.0 Å². The number of benzene rings is 2. The fraction of sp³-hybridized carbons (Fsp3) is 0.481. The molecule has 1 spiro atoms. The number of amides is 2. The third-order valence-corrected chi connectivity index (χ3v) is 7.32. The molecule has 33 heavy (non-hydrogen) atoms. The molecule has 0 aromatic heterocycles. The van der Waals surface area contributed by atoms with Gasteiger partial charge in [0.05, 0.1) is 7.11 Å². The van der Waals surface area contributed by atoms with E-state index in [-0.39, 0.29) is 23.3 Å². The first-order valence-electron chi connectivity index (χ1n) is 12.0. The number of nitrogens with one attached hydrogen (secondary N) is 1. The predicted molar refractivity (Wildman–Crippen MR) is 126 cm³/mol. The summed E-state index contributed by atoms with van der Waals surface area (Å²) >= 11 is 0. The van der Waals surface area contributed by atoms with Crippen molar-refractivity contribution >= 4 is 11.8 Å². The number of ether oxygens (including phenoxy) is 2. The van der Waals surface area contributed by atoms with Crippen molar-refractivity contribution in [1.82, 2.24) is 10.2 Å². The molecule has 1 atom stereocenters. The second-order valence-electron chi connectivity index (χ2n) is 9.70. The Balaban J connectivity index is 1.25. The molecule has 174 valence electrons. The van der Waals surface area contributed by atoms with Gasteiger partial charge in [0, 0.05) is 50.4 Å². The number of nitrogens with zero attached hydrogens (tertiary/aromatic N) is 1. The number of rotatable bonds is 6. The smallest absolute Gasteiger partial charge is 0.253 e. The molecule has 5 rings (SSSR count). The van der Waals surface area contributed by atoms with E-state index < -0.39 is 0 Å². The van der Waals surface area contributed by atoms with Gasteiger partial charge in [-0.3, -0.25) is 9.59 Å². The molecular formula is C27H32N2O4. The Morgan fingerprint density at radius 3 is 2.52 bits per heavy atom. The zero-order chi connectivity index (χ0) is 22.8. The standard InChI is InChI=1S/C27H32N2O4/c1-32-22-10-8-20(9-11-22)26(31)29-14-12-27(13-15-29)17-21(16-25(30)28-18-19-6-7-19)23-4-2-3-5-24(23)33-27/h2-5,8-11,19,21H,6-7,12-18H2,1H3,(H,28,30)/t21-/m0/s1. The van der Waals surface area contributed by atoms with Crippen molar-refractivity contribution in [3.05, 3.63) is 59.7 Å². The molecule has 0 radical (unpaired) electrons. The van der Waals surface area contributed by atoms with E-state index in [0.717, 1.165) is 42.9 Å². The number of hydrogen-bond acceptors (Lipinski definition) is 4. The number of carbonyl (C=O) groups excluding carboxylic acids is 2. The second kappa shape index (κ2) is 9.08. The van der Waals surface area contributed by atoms with E-state index >= 15 is 0 Å². The second-order valence-corrected chi connectivity index (χ2v) is 9.70. The maximum Gasteiger partial charge on any atom is 0.253 e. The number of para-hydroxylation sites is 1. The van der Waals surface area contributed by atoms with Crippen molar-refractivity contribution in [3.8, 4) is 11.5 Å². The summed E-state index contributed by atoms with van der Waals surface area (Å²) in [4.78, 5) is 27.6. The van der Waals surface area contributed by atoms with Gasteiger partial charge in [0.25, 0.3) is 5.91 Å². The van der Waals surface area contributed by atoms with E-state index in [1.54, 1.807) is 7.11 Å². The van der Waals surface area contributed by atoms with Crippen molar-refractivity contribution in [2.24, 2.45) is 5.92 Å². The summed E-state index contributed by atoms with van der Waals surface area (Å²) < 4.78 is 11.8. The van der Waals surface area contributed by atoms with Crippen molar-refractivity contribution in [3.63, 3.8) is 0 Å². The Hall–Kier alpha value is -3.02. The van der Waals surface area contributed by atoms with Crippen LogP contribution in [0.3, 0.4) is 0 Å². The molecule has 2 fully saturated rings. The monoisotopic (exact) mass is 448 g/mol. The van der Waals surface area contributed by atoms with Crippen LogP contribution in [0, 0.1) is 5.92 Å². The van der Waals surface area contributed by atoms with E-state index in [1.165, 1.54) is 12.8 Å². The van der Waals surface area contributed by atoms with Gasteiger partial charge >= 0.3 is 0 Å². The number of carbonyl (C=O) groups is 2. The molecule has 2 heterocycles. The summed E-state index contributed by atoms with van der Waals surface area (Å²) in [5, 5.41) is 3.12. The molecule has 1 N–H and O–H groups in total. The maximum absolute atomic E-state index is 13.0. The van der Waals surface area contributed by atoms with Gasteiger partial charge in [-0.25, -0.2) is 0 Å². The number of hydrogen-bond donors (Lipinski definition) is 1. The van der Waals surface area contributed by atoms with Gasteiger partial charge in [-0.05, 0) is 61.1 Å². The third-order valence-electron chi connectivity index (χ3n) is 7.32. The lowest BCUT2D eigenvalue weighted by molar-refractivity contribution is -0.122. The minimum atomic E-state index is -0.327. The first-order chi connectivity index (χ1) is 16.0. The minimum Gasteiger partial charge on any atom is -0.497 e. The van der Waals surface area contributed by atoms with Crippen LogP contribution in [0.1, 0.15) is 60.4 Å². The van der Waals surface area contributed by atoms with E-state index in [4.69, 9.17) is 9.47 Å². The zero-order valence-corrected chi connectivity index (χ0v) is 19.2. The van der Waals surface area contributed by atoms with E-state index in [2.05, 4.69) is 11.4 Å².